The second-order valence-corrected chi connectivity index (χ2v) is 4.73. The van der Waals surface area contributed by atoms with Gasteiger partial charge in [0.1, 0.15) is 23.4 Å². The van der Waals surface area contributed by atoms with Crippen LogP contribution >= 0.6 is 11.6 Å². The highest BCUT2D eigenvalue weighted by molar-refractivity contribution is 6.34. The molecular formula is C15H9ClF2N2O. The summed E-state index contributed by atoms with van der Waals surface area (Å²) in [6.07, 6.45) is 2.67. The van der Waals surface area contributed by atoms with E-state index in [0.717, 1.165) is 0 Å². The number of fused-ring (bicyclic) bond motifs is 1. The zero-order valence-corrected chi connectivity index (χ0v) is 11.7. The Hall–Kier alpha value is -2.27. The summed E-state index contributed by atoms with van der Waals surface area (Å²) in [5.74, 6) is -1.13. The normalized spacial score (nSPS) is 10.9. The van der Waals surface area contributed by atoms with Gasteiger partial charge in [0.25, 0.3) is 0 Å². The van der Waals surface area contributed by atoms with Crippen LogP contribution in [0.2, 0.25) is 5.02 Å². The van der Waals surface area contributed by atoms with E-state index < -0.39 is 11.6 Å². The number of benzene rings is 2. The highest BCUT2D eigenvalue weighted by atomic mass is 35.5. The number of hydrogen-bond donors (Lipinski definition) is 0. The van der Waals surface area contributed by atoms with Crippen molar-refractivity contribution >= 4 is 22.5 Å². The predicted octanol–water partition coefficient (Wildman–Crippen LogP) is 4.24. The predicted molar refractivity (Wildman–Crippen MR) is 76.5 cm³/mol. The number of hydrogen-bond acceptors (Lipinski definition) is 3. The highest BCUT2D eigenvalue weighted by Crippen LogP contribution is 2.40. The van der Waals surface area contributed by atoms with Gasteiger partial charge in [-0.15, -0.1) is 0 Å². The Bertz CT molecular complexity index is 839. The van der Waals surface area contributed by atoms with E-state index in [9.17, 15) is 8.78 Å². The molecule has 1 aromatic heterocycles. The standard InChI is InChI=1S/C15H9ClF2N2O/c1-21-11-4-2-3-10(17)13(11)12-9(16)5-8-6-19-7-20-15(8)14(12)18/h2-7H,1H3. The third kappa shape index (κ3) is 2.19. The molecule has 0 atom stereocenters. The molecule has 0 saturated carbocycles. The van der Waals surface area contributed by atoms with Crippen molar-refractivity contribution in [3.8, 4) is 16.9 Å². The van der Waals surface area contributed by atoms with Crippen molar-refractivity contribution in [1.29, 1.82) is 0 Å². The van der Waals surface area contributed by atoms with E-state index in [1.165, 1.54) is 37.8 Å². The van der Waals surface area contributed by atoms with Crippen molar-refractivity contribution in [3.63, 3.8) is 0 Å². The zero-order chi connectivity index (χ0) is 15.0. The van der Waals surface area contributed by atoms with E-state index in [2.05, 4.69) is 9.97 Å². The van der Waals surface area contributed by atoms with Crippen molar-refractivity contribution in [1.82, 2.24) is 9.97 Å². The number of rotatable bonds is 2. The summed E-state index contributed by atoms with van der Waals surface area (Å²) in [5, 5.41) is 0.511. The SMILES string of the molecule is COc1cccc(F)c1-c1c(Cl)cc2cncnc2c1F. The van der Waals surface area contributed by atoms with E-state index >= 15 is 0 Å². The van der Waals surface area contributed by atoms with E-state index in [1.54, 1.807) is 6.07 Å². The monoisotopic (exact) mass is 306 g/mol. The molecule has 0 unspecified atom stereocenters. The third-order valence-electron chi connectivity index (χ3n) is 3.13. The molecule has 0 amide bonds. The molecule has 3 rings (SSSR count). The summed E-state index contributed by atoms with van der Waals surface area (Å²) >= 11 is 6.13. The molecule has 0 N–H and O–H groups in total. The maximum Gasteiger partial charge on any atom is 0.159 e. The fraction of sp³-hybridized carbons (Fsp3) is 0.0667. The van der Waals surface area contributed by atoms with Gasteiger partial charge in [0, 0.05) is 17.1 Å². The molecule has 0 aliphatic carbocycles. The molecule has 2 aromatic carbocycles. The van der Waals surface area contributed by atoms with Crippen molar-refractivity contribution < 1.29 is 13.5 Å². The minimum atomic E-state index is -0.705. The first-order valence-corrected chi connectivity index (χ1v) is 6.42. The molecule has 21 heavy (non-hydrogen) atoms. The van der Waals surface area contributed by atoms with Crippen LogP contribution in [0.25, 0.3) is 22.0 Å². The Kier molecular flexibility index (Phi) is 3.43. The summed E-state index contributed by atoms with van der Waals surface area (Å²) in [6.45, 7) is 0. The van der Waals surface area contributed by atoms with Crippen LogP contribution in [0.5, 0.6) is 5.75 Å². The van der Waals surface area contributed by atoms with Gasteiger partial charge in [-0.2, -0.15) is 0 Å². The first kappa shape index (κ1) is 13.7. The first-order chi connectivity index (χ1) is 10.1. The smallest absolute Gasteiger partial charge is 0.159 e. The van der Waals surface area contributed by atoms with Gasteiger partial charge in [0.15, 0.2) is 5.82 Å². The molecule has 3 nitrogen and oxygen atoms in total. The van der Waals surface area contributed by atoms with E-state index in [1.807, 2.05) is 0 Å². The first-order valence-electron chi connectivity index (χ1n) is 6.04. The van der Waals surface area contributed by atoms with Crippen LogP contribution in [0.15, 0.2) is 36.8 Å². The second-order valence-electron chi connectivity index (χ2n) is 4.33. The molecule has 0 bridgehead atoms. The molecule has 0 radical (unpaired) electrons. The lowest BCUT2D eigenvalue weighted by molar-refractivity contribution is 0.413. The molecule has 0 saturated heterocycles. The van der Waals surface area contributed by atoms with E-state index in [0.29, 0.717) is 5.39 Å². The van der Waals surface area contributed by atoms with Crippen LogP contribution in [0.1, 0.15) is 0 Å². The molecule has 0 fully saturated rings. The number of aromatic nitrogens is 2. The van der Waals surface area contributed by atoms with Gasteiger partial charge >= 0.3 is 0 Å². The van der Waals surface area contributed by atoms with E-state index in [4.69, 9.17) is 16.3 Å². The van der Waals surface area contributed by atoms with Crippen LogP contribution < -0.4 is 4.74 Å². The van der Waals surface area contributed by atoms with Crippen LogP contribution in [0.4, 0.5) is 8.78 Å². The van der Waals surface area contributed by atoms with Gasteiger partial charge in [-0.1, -0.05) is 17.7 Å². The highest BCUT2D eigenvalue weighted by Gasteiger charge is 2.21. The van der Waals surface area contributed by atoms with Crippen molar-refractivity contribution in [2.75, 3.05) is 7.11 Å². The molecule has 0 spiro atoms. The van der Waals surface area contributed by atoms with Gasteiger partial charge in [-0.3, -0.25) is 0 Å². The summed E-state index contributed by atoms with van der Waals surface area (Å²) < 4.78 is 34.0. The lowest BCUT2D eigenvalue weighted by Crippen LogP contribution is -1.97. The average Bonchev–Trinajstić information content (AvgIpc) is 2.48. The lowest BCUT2D eigenvalue weighted by Gasteiger charge is -2.13. The fourth-order valence-electron chi connectivity index (χ4n) is 2.21. The van der Waals surface area contributed by atoms with Gasteiger partial charge in [-0.25, -0.2) is 18.7 Å². The average molecular weight is 307 g/mol. The Balaban J connectivity index is 2.41. The number of ether oxygens (including phenoxy) is 1. The molecular weight excluding hydrogens is 298 g/mol. The molecule has 6 heteroatoms. The van der Waals surface area contributed by atoms with Crippen molar-refractivity contribution in [2.24, 2.45) is 0 Å². The molecule has 0 aliphatic rings. The van der Waals surface area contributed by atoms with Crippen molar-refractivity contribution in [3.05, 3.63) is 53.4 Å². The van der Waals surface area contributed by atoms with Gasteiger partial charge in [0.2, 0.25) is 0 Å². The van der Waals surface area contributed by atoms with Gasteiger partial charge < -0.3 is 4.74 Å². The quantitative estimate of drug-likeness (QED) is 0.710. The maximum absolute atomic E-state index is 14.7. The lowest BCUT2D eigenvalue weighted by atomic mass is 10.0. The number of halogens is 3. The zero-order valence-electron chi connectivity index (χ0n) is 10.9. The second kappa shape index (κ2) is 5.26. The maximum atomic E-state index is 14.7. The Morgan fingerprint density at radius 1 is 1.19 bits per heavy atom. The molecule has 1 heterocycles. The fourth-order valence-corrected chi connectivity index (χ4v) is 2.50. The molecule has 3 aromatic rings. The summed E-state index contributed by atoms with van der Waals surface area (Å²) in [5.41, 5.74) is -0.0180. The van der Waals surface area contributed by atoms with Crippen LogP contribution in [-0.4, -0.2) is 17.1 Å². The Morgan fingerprint density at radius 3 is 2.76 bits per heavy atom. The largest absolute Gasteiger partial charge is 0.496 e. The summed E-state index contributed by atoms with van der Waals surface area (Å²) in [7, 11) is 1.38. The van der Waals surface area contributed by atoms with Gasteiger partial charge in [0.05, 0.1) is 17.7 Å². The van der Waals surface area contributed by atoms with Crippen molar-refractivity contribution in [2.45, 2.75) is 0 Å². The topological polar surface area (TPSA) is 35.0 Å². The van der Waals surface area contributed by atoms with Gasteiger partial charge in [-0.05, 0) is 18.2 Å². The third-order valence-corrected chi connectivity index (χ3v) is 3.43. The van der Waals surface area contributed by atoms with Crippen LogP contribution in [-0.2, 0) is 0 Å². The van der Waals surface area contributed by atoms with Crippen LogP contribution in [0.3, 0.4) is 0 Å². The minimum absolute atomic E-state index is 0.0250. The molecule has 0 aliphatic heterocycles. The van der Waals surface area contributed by atoms with Crippen LogP contribution in [0, 0.1) is 11.6 Å². The van der Waals surface area contributed by atoms with E-state index in [-0.39, 0.29) is 27.4 Å². The molecule has 106 valence electrons. The summed E-state index contributed by atoms with van der Waals surface area (Å²) in [6, 6.07) is 5.74. The summed E-state index contributed by atoms with van der Waals surface area (Å²) in [4.78, 5) is 7.70. The Labute approximate surface area is 124 Å². The number of methoxy groups -OCH3 is 1. The number of nitrogens with zero attached hydrogens (tertiary/aromatic N) is 2. The minimum Gasteiger partial charge on any atom is -0.496 e. The Morgan fingerprint density at radius 2 is 2.00 bits per heavy atom.